The van der Waals surface area contributed by atoms with E-state index in [-0.39, 0.29) is 17.7 Å². The second kappa shape index (κ2) is 7.10. The van der Waals surface area contributed by atoms with Gasteiger partial charge in [-0.25, -0.2) is 0 Å². The largest absolute Gasteiger partial charge is 0.481 e. The molecule has 1 amide bonds. The van der Waals surface area contributed by atoms with E-state index >= 15 is 0 Å². The Bertz CT molecular complexity index is 827. The molecule has 1 saturated heterocycles. The fraction of sp³-hybridized carbons (Fsp3) is 0.455. The maximum Gasteiger partial charge on any atom is 0.308 e. The van der Waals surface area contributed by atoms with Crippen LogP contribution in [0, 0.1) is 17.8 Å². The number of amides is 1. The van der Waals surface area contributed by atoms with Gasteiger partial charge in [0.25, 0.3) is 0 Å². The Hall–Kier alpha value is -2.36. The lowest BCUT2D eigenvalue weighted by atomic mass is 9.92. The normalized spacial score (nSPS) is 22.7. The molecule has 1 saturated carbocycles. The van der Waals surface area contributed by atoms with E-state index in [1.165, 1.54) is 16.3 Å². The van der Waals surface area contributed by atoms with E-state index in [2.05, 4.69) is 30.3 Å². The van der Waals surface area contributed by atoms with Gasteiger partial charge in [0.2, 0.25) is 5.91 Å². The molecule has 0 unspecified atom stereocenters. The molecule has 4 heteroatoms. The van der Waals surface area contributed by atoms with Crippen LogP contribution in [0.25, 0.3) is 10.8 Å². The molecule has 0 radical (unpaired) electrons. The Morgan fingerprint density at radius 2 is 1.81 bits per heavy atom. The van der Waals surface area contributed by atoms with E-state index in [1.807, 2.05) is 12.1 Å². The first kappa shape index (κ1) is 17.1. The van der Waals surface area contributed by atoms with E-state index in [1.54, 1.807) is 4.90 Å². The summed E-state index contributed by atoms with van der Waals surface area (Å²) in [5, 5.41) is 11.9. The third kappa shape index (κ3) is 3.59. The Labute approximate surface area is 153 Å². The molecular formula is C22H25NO3. The zero-order chi connectivity index (χ0) is 18.1. The molecule has 0 aromatic heterocycles. The highest BCUT2D eigenvalue weighted by atomic mass is 16.4. The highest BCUT2D eigenvalue weighted by molar-refractivity contribution is 5.83. The number of carbonyl (C=O) groups excluding carboxylic acids is 1. The van der Waals surface area contributed by atoms with E-state index in [0.717, 1.165) is 25.7 Å². The van der Waals surface area contributed by atoms with Crippen molar-refractivity contribution in [2.45, 2.75) is 32.1 Å². The van der Waals surface area contributed by atoms with Crippen LogP contribution >= 0.6 is 0 Å². The number of likely N-dealkylation sites (tertiary alicyclic amines) is 1. The number of aryl methyl sites for hydroxylation is 1. The molecule has 0 spiro atoms. The number of fused-ring (bicyclic) bond motifs is 1. The van der Waals surface area contributed by atoms with Crippen molar-refractivity contribution in [2.24, 2.45) is 17.8 Å². The minimum atomic E-state index is -0.742. The number of hydrogen-bond acceptors (Lipinski definition) is 2. The van der Waals surface area contributed by atoms with Crippen molar-refractivity contribution in [3.8, 4) is 0 Å². The van der Waals surface area contributed by atoms with E-state index < -0.39 is 5.97 Å². The third-order valence-electron chi connectivity index (χ3n) is 5.93. The third-order valence-corrected chi connectivity index (χ3v) is 5.93. The fourth-order valence-corrected chi connectivity index (χ4v) is 4.29. The van der Waals surface area contributed by atoms with Crippen LogP contribution in [0.5, 0.6) is 0 Å². The first-order valence-corrected chi connectivity index (χ1v) is 9.60. The van der Waals surface area contributed by atoms with Crippen LogP contribution in [0.15, 0.2) is 42.5 Å². The van der Waals surface area contributed by atoms with E-state index in [0.29, 0.717) is 25.4 Å². The molecule has 1 aliphatic carbocycles. The molecule has 136 valence electrons. The van der Waals surface area contributed by atoms with Gasteiger partial charge >= 0.3 is 5.97 Å². The quantitative estimate of drug-likeness (QED) is 0.863. The molecule has 1 aliphatic heterocycles. The summed E-state index contributed by atoms with van der Waals surface area (Å²) in [6.07, 6.45) is 4.42. The standard InChI is InChI=1S/C22H25NO3/c24-21(23-13-19(17-10-11-17)20(14-23)22(25)26)7-3-4-15-8-9-16-5-1-2-6-18(16)12-15/h1-2,5-6,8-9,12,17,19-20H,3-4,7,10-11,13-14H2,(H,25,26)/t19-,20+/m1/s1. The van der Waals surface area contributed by atoms with Crippen molar-refractivity contribution in [2.75, 3.05) is 13.1 Å². The molecule has 1 heterocycles. The average Bonchev–Trinajstić information content (AvgIpc) is 3.39. The minimum absolute atomic E-state index is 0.111. The Balaban J connectivity index is 1.31. The van der Waals surface area contributed by atoms with Crippen LogP contribution in [0.3, 0.4) is 0 Å². The molecule has 4 nitrogen and oxygen atoms in total. The van der Waals surface area contributed by atoms with Gasteiger partial charge in [0.05, 0.1) is 5.92 Å². The topological polar surface area (TPSA) is 57.6 Å². The van der Waals surface area contributed by atoms with Crippen molar-refractivity contribution in [3.05, 3.63) is 48.0 Å². The van der Waals surface area contributed by atoms with Crippen molar-refractivity contribution in [1.82, 2.24) is 4.90 Å². The van der Waals surface area contributed by atoms with Crippen molar-refractivity contribution < 1.29 is 14.7 Å². The molecule has 1 N–H and O–H groups in total. The summed E-state index contributed by atoms with van der Waals surface area (Å²) in [7, 11) is 0. The maximum absolute atomic E-state index is 12.5. The SMILES string of the molecule is O=C(O)[C@H]1CN(C(=O)CCCc2ccc3ccccc3c2)C[C@@H]1C1CC1. The lowest BCUT2D eigenvalue weighted by molar-refractivity contribution is -0.142. The molecule has 2 aromatic rings. The molecular weight excluding hydrogens is 326 g/mol. The lowest BCUT2D eigenvalue weighted by Crippen LogP contribution is -2.29. The molecule has 4 rings (SSSR count). The summed E-state index contributed by atoms with van der Waals surface area (Å²) in [5.41, 5.74) is 1.25. The van der Waals surface area contributed by atoms with Crippen LogP contribution in [0.2, 0.25) is 0 Å². The number of benzene rings is 2. The Morgan fingerprint density at radius 3 is 2.54 bits per heavy atom. The van der Waals surface area contributed by atoms with Crippen molar-refractivity contribution in [1.29, 1.82) is 0 Å². The molecule has 2 aromatic carbocycles. The highest BCUT2D eigenvalue weighted by Gasteiger charge is 2.46. The second-order valence-corrected chi connectivity index (χ2v) is 7.78. The number of carboxylic acid groups (broad SMARTS) is 1. The second-order valence-electron chi connectivity index (χ2n) is 7.78. The average molecular weight is 351 g/mol. The Kier molecular flexibility index (Phi) is 4.66. The molecule has 2 atom stereocenters. The smallest absolute Gasteiger partial charge is 0.308 e. The monoisotopic (exact) mass is 351 g/mol. The van der Waals surface area contributed by atoms with Gasteiger partial charge in [-0.05, 0) is 53.9 Å². The highest BCUT2D eigenvalue weighted by Crippen LogP contribution is 2.44. The summed E-state index contributed by atoms with van der Waals surface area (Å²) in [5.74, 6) is -0.316. The van der Waals surface area contributed by atoms with Gasteiger partial charge in [0, 0.05) is 19.5 Å². The summed E-state index contributed by atoms with van der Waals surface area (Å²) in [6, 6.07) is 14.7. The zero-order valence-electron chi connectivity index (χ0n) is 14.9. The fourth-order valence-electron chi connectivity index (χ4n) is 4.29. The van der Waals surface area contributed by atoms with Gasteiger partial charge in [0.15, 0.2) is 0 Å². The molecule has 26 heavy (non-hydrogen) atoms. The predicted molar refractivity (Wildman–Crippen MR) is 101 cm³/mol. The number of carboxylic acids is 1. The molecule has 2 aliphatic rings. The van der Waals surface area contributed by atoms with Crippen molar-refractivity contribution in [3.63, 3.8) is 0 Å². The summed E-state index contributed by atoms with van der Waals surface area (Å²) >= 11 is 0. The molecule has 0 bridgehead atoms. The van der Waals surface area contributed by atoms with Crippen LogP contribution in [0.4, 0.5) is 0 Å². The van der Waals surface area contributed by atoms with Crippen LogP contribution in [-0.2, 0) is 16.0 Å². The number of aliphatic carboxylic acids is 1. The van der Waals surface area contributed by atoms with Crippen LogP contribution < -0.4 is 0 Å². The maximum atomic E-state index is 12.5. The summed E-state index contributed by atoms with van der Waals surface area (Å²) < 4.78 is 0. The van der Waals surface area contributed by atoms with Crippen LogP contribution in [0.1, 0.15) is 31.2 Å². The summed E-state index contributed by atoms with van der Waals surface area (Å²) in [4.78, 5) is 25.8. The number of carbonyl (C=O) groups is 2. The summed E-state index contributed by atoms with van der Waals surface area (Å²) in [6.45, 7) is 1.03. The predicted octanol–water partition coefficient (Wildman–Crippen LogP) is 3.73. The molecule has 2 fully saturated rings. The van der Waals surface area contributed by atoms with Gasteiger partial charge in [0.1, 0.15) is 0 Å². The number of rotatable bonds is 6. The van der Waals surface area contributed by atoms with Gasteiger partial charge in [-0.3, -0.25) is 9.59 Å². The number of nitrogens with zero attached hydrogens (tertiary/aromatic N) is 1. The lowest BCUT2D eigenvalue weighted by Gasteiger charge is -2.16. The van der Waals surface area contributed by atoms with Gasteiger partial charge in [-0.15, -0.1) is 0 Å². The first-order valence-electron chi connectivity index (χ1n) is 9.60. The van der Waals surface area contributed by atoms with E-state index in [4.69, 9.17) is 0 Å². The van der Waals surface area contributed by atoms with Gasteiger partial charge in [-0.1, -0.05) is 42.5 Å². The Morgan fingerprint density at radius 1 is 1.04 bits per heavy atom. The van der Waals surface area contributed by atoms with Crippen molar-refractivity contribution >= 4 is 22.6 Å². The first-order chi connectivity index (χ1) is 12.6. The zero-order valence-corrected chi connectivity index (χ0v) is 14.9. The van der Waals surface area contributed by atoms with Crippen LogP contribution in [-0.4, -0.2) is 35.0 Å². The number of hydrogen-bond donors (Lipinski definition) is 1. The minimum Gasteiger partial charge on any atom is -0.481 e. The van der Waals surface area contributed by atoms with E-state index in [9.17, 15) is 14.7 Å². The van der Waals surface area contributed by atoms with Gasteiger partial charge in [-0.2, -0.15) is 0 Å². The van der Waals surface area contributed by atoms with Gasteiger partial charge < -0.3 is 10.0 Å².